The summed E-state index contributed by atoms with van der Waals surface area (Å²) in [6.45, 7) is 2.06. The maximum absolute atomic E-state index is 11.3. The standard InChI is InChI=1S/C15H13BrO2S/c1-9-8-10(2-3-11(9)16)12-4-5-13(19-12)15(6-7-15)14(17)18/h2-5,8H,6-7H2,1H3,(H,17,18). The molecule has 0 bridgehead atoms. The van der Waals surface area contributed by atoms with Crippen LogP contribution in [0.2, 0.25) is 0 Å². The molecule has 0 atom stereocenters. The van der Waals surface area contributed by atoms with Crippen LogP contribution >= 0.6 is 27.3 Å². The van der Waals surface area contributed by atoms with Gasteiger partial charge in [0, 0.05) is 14.2 Å². The fraction of sp³-hybridized carbons (Fsp3) is 0.267. The zero-order chi connectivity index (χ0) is 13.6. The van der Waals surface area contributed by atoms with Crippen LogP contribution in [0.5, 0.6) is 0 Å². The van der Waals surface area contributed by atoms with Gasteiger partial charge in [-0.15, -0.1) is 11.3 Å². The Balaban J connectivity index is 1.97. The molecule has 1 aliphatic carbocycles. The van der Waals surface area contributed by atoms with Crippen molar-refractivity contribution in [3.05, 3.63) is 45.2 Å². The zero-order valence-electron chi connectivity index (χ0n) is 10.4. The molecule has 0 saturated heterocycles. The molecule has 0 spiro atoms. The van der Waals surface area contributed by atoms with E-state index in [0.29, 0.717) is 0 Å². The van der Waals surface area contributed by atoms with Gasteiger partial charge in [0.05, 0.1) is 0 Å². The number of hydrogen-bond donors (Lipinski definition) is 1. The predicted octanol–water partition coefficient (Wildman–Crippen LogP) is 4.60. The lowest BCUT2D eigenvalue weighted by Gasteiger charge is -2.06. The Morgan fingerprint density at radius 3 is 2.63 bits per heavy atom. The smallest absolute Gasteiger partial charge is 0.314 e. The summed E-state index contributed by atoms with van der Waals surface area (Å²) >= 11 is 5.10. The van der Waals surface area contributed by atoms with Gasteiger partial charge in [-0.25, -0.2) is 0 Å². The largest absolute Gasteiger partial charge is 0.481 e. The van der Waals surface area contributed by atoms with E-state index in [-0.39, 0.29) is 0 Å². The molecule has 0 amide bonds. The van der Waals surface area contributed by atoms with Crippen molar-refractivity contribution >= 4 is 33.2 Å². The summed E-state index contributed by atoms with van der Waals surface area (Å²) in [5.74, 6) is -0.687. The average molecular weight is 337 g/mol. The minimum Gasteiger partial charge on any atom is -0.481 e. The summed E-state index contributed by atoms with van der Waals surface area (Å²) in [6, 6.07) is 10.2. The van der Waals surface area contributed by atoms with Crippen LogP contribution in [-0.4, -0.2) is 11.1 Å². The summed E-state index contributed by atoms with van der Waals surface area (Å²) in [4.78, 5) is 13.4. The predicted molar refractivity (Wildman–Crippen MR) is 80.7 cm³/mol. The summed E-state index contributed by atoms with van der Waals surface area (Å²) < 4.78 is 1.09. The van der Waals surface area contributed by atoms with Gasteiger partial charge >= 0.3 is 5.97 Å². The summed E-state index contributed by atoms with van der Waals surface area (Å²) in [5.41, 5.74) is 1.75. The van der Waals surface area contributed by atoms with Crippen LogP contribution in [0.15, 0.2) is 34.8 Å². The van der Waals surface area contributed by atoms with Gasteiger partial charge in [-0.05, 0) is 55.2 Å². The van der Waals surface area contributed by atoms with E-state index in [1.807, 2.05) is 18.2 Å². The third-order valence-electron chi connectivity index (χ3n) is 3.68. The Morgan fingerprint density at radius 2 is 2.05 bits per heavy atom. The fourth-order valence-electron chi connectivity index (χ4n) is 2.24. The third kappa shape index (κ3) is 2.13. The SMILES string of the molecule is Cc1cc(-c2ccc(C3(C(=O)O)CC3)s2)ccc1Br. The molecule has 1 N–H and O–H groups in total. The van der Waals surface area contributed by atoms with Crippen molar-refractivity contribution in [2.45, 2.75) is 25.2 Å². The van der Waals surface area contributed by atoms with Gasteiger partial charge in [-0.2, -0.15) is 0 Å². The molecule has 2 aromatic rings. The first-order valence-electron chi connectivity index (χ1n) is 6.13. The summed E-state index contributed by atoms with van der Waals surface area (Å²) in [6.07, 6.45) is 1.53. The quantitative estimate of drug-likeness (QED) is 0.889. The molecule has 0 unspecified atom stereocenters. The van der Waals surface area contributed by atoms with Crippen molar-refractivity contribution in [1.82, 2.24) is 0 Å². The minimum absolute atomic E-state index is 0.590. The molecule has 3 rings (SSSR count). The number of carboxylic acids is 1. The van der Waals surface area contributed by atoms with Gasteiger partial charge in [-0.1, -0.05) is 22.0 Å². The van der Waals surface area contributed by atoms with E-state index in [1.54, 1.807) is 11.3 Å². The number of halogens is 1. The van der Waals surface area contributed by atoms with Crippen LogP contribution in [0.4, 0.5) is 0 Å². The molecular weight excluding hydrogens is 324 g/mol. The van der Waals surface area contributed by atoms with E-state index >= 15 is 0 Å². The number of hydrogen-bond acceptors (Lipinski definition) is 2. The topological polar surface area (TPSA) is 37.3 Å². The number of benzene rings is 1. The Bertz CT molecular complexity index is 656. The van der Waals surface area contributed by atoms with Crippen LogP contribution in [0, 0.1) is 6.92 Å². The van der Waals surface area contributed by atoms with Crippen molar-refractivity contribution < 1.29 is 9.90 Å². The third-order valence-corrected chi connectivity index (χ3v) is 5.91. The fourth-order valence-corrected chi connectivity index (χ4v) is 3.73. The van der Waals surface area contributed by atoms with E-state index in [4.69, 9.17) is 0 Å². The Labute approximate surface area is 124 Å². The van der Waals surface area contributed by atoms with Crippen LogP contribution in [-0.2, 0) is 10.2 Å². The highest BCUT2D eigenvalue weighted by Gasteiger charge is 2.52. The monoisotopic (exact) mass is 336 g/mol. The molecule has 98 valence electrons. The molecule has 1 heterocycles. The highest BCUT2D eigenvalue weighted by atomic mass is 79.9. The van der Waals surface area contributed by atoms with Crippen LogP contribution in [0.25, 0.3) is 10.4 Å². The highest BCUT2D eigenvalue weighted by molar-refractivity contribution is 9.10. The molecule has 2 nitrogen and oxygen atoms in total. The van der Waals surface area contributed by atoms with Crippen molar-refractivity contribution in [1.29, 1.82) is 0 Å². The van der Waals surface area contributed by atoms with E-state index < -0.39 is 11.4 Å². The second-order valence-electron chi connectivity index (χ2n) is 5.02. The Kier molecular flexibility index (Phi) is 3.02. The lowest BCUT2D eigenvalue weighted by Crippen LogP contribution is -2.17. The highest BCUT2D eigenvalue weighted by Crippen LogP contribution is 2.51. The lowest BCUT2D eigenvalue weighted by molar-refractivity contribution is -0.139. The van der Waals surface area contributed by atoms with Crippen molar-refractivity contribution in [2.24, 2.45) is 0 Å². The van der Waals surface area contributed by atoms with Crippen molar-refractivity contribution in [3.8, 4) is 10.4 Å². The number of aryl methyl sites for hydroxylation is 1. The van der Waals surface area contributed by atoms with Crippen molar-refractivity contribution in [3.63, 3.8) is 0 Å². The molecule has 1 aromatic carbocycles. The number of rotatable bonds is 3. The molecule has 1 aliphatic rings. The first-order chi connectivity index (χ1) is 9.03. The van der Waals surface area contributed by atoms with E-state index in [0.717, 1.165) is 32.6 Å². The lowest BCUT2D eigenvalue weighted by atomic mass is 10.1. The second kappa shape index (κ2) is 4.46. The second-order valence-corrected chi connectivity index (χ2v) is 6.95. The minimum atomic E-state index is -0.687. The van der Waals surface area contributed by atoms with E-state index in [2.05, 4.69) is 35.0 Å². The first kappa shape index (κ1) is 12.9. The summed E-state index contributed by atoms with van der Waals surface area (Å²) in [7, 11) is 0. The zero-order valence-corrected chi connectivity index (χ0v) is 12.8. The van der Waals surface area contributed by atoms with Gasteiger partial charge in [0.15, 0.2) is 0 Å². The number of aliphatic carboxylic acids is 1. The maximum Gasteiger partial charge on any atom is 0.314 e. The Morgan fingerprint density at radius 1 is 1.32 bits per heavy atom. The van der Waals surface area contributed by atoms with Gasteiger partial charge < -0.3 is 5.11 Å². The van der Waals surface area contributed by atoms with Gasteiger partial charge in [0.25, 0.3) is 0 Å². The summed E-state index contributed by atoms with van der Waals surface area (Å²) in [5, 5.41) is 9.32. The first-order valence-corrected chi connectivity index (χ1v) is 7.74. The van der Waals surface area contributed by atoms with Crippen LogP contribution < -0.4 is 0 Å². The van der Waals surface area contributed by atoms with Crippen molar-refractivity contribution in [2.75, 3.05) is 0 Å². The number of carboxylic acid groups (broad SMARTS) is 1. The maximum atomic E-state index is 11.3. The molecule has 0 radical (unpaired) electrons. The average Bonchev–Trinajstić information content (AvgIpc) is 3.05. The van der Waals surface area contributed by atoms with Crippen LogP contribution in [0.3, 0.4) is 0 Å². The number of thiophene rings is 1. The molecular formula is C15H13BrO2S. The molecule has 1 aromatic heterocycles. The number of carbonyl (C=O) groups is 1. The van der Waals surface area contributed by atoms with Gasteiger partial charge in [0.2, 0.25) is 0 Å². The Hall–Kier alpha value is -1.13. The molecule has 1 fully saturated rings. The van der Waals surface area contributed by atoms with E-state index in [9.17, 15) is 9.90 Å². The van der Waals surface area contributed by atoms with Gasteiger partial charge in [-0.3, -0.25) is 4.79 Å². The molecule has 0 aliphatic heterocycles. The normalized spacial score (nSPS) is 16.3. The molecule has 4 heteroatoms. The molecule has 19 heavy (non-hydrogen) atoms. The molecule has 1 saturated carbocycles. The van der Waals surface area contributed by atoms with Crippen LogP contribution in [0.1, 0.15) is 23.3 Å². The van der Waals surface area contributed by atoms with E-state index in [1.165, 1.54) is 5.56 Å². The van der Waals surface area contributed by atoms with Gasteiger partial charge in [0.1, 0.15) is 5.41 Å².